The van der Waals surface area contributed by atoms with Crippen LogP contribution < -0.4 is 5.32 Å². The normalized spacial score (nSPS) is 10.7. The van der Waals surface area contributed by atoms with Crippen molar-refractivity contribution in [2.75, 3.05) is 5.32 Å². The highest BCUT2D eigenvalue weighted by Gasteiger charge is 2.10. The molecule has 0 heterocycles. The van der Waals surface area contributed by atoms with Crippen molar-refractivity contribution >= 4 is 60.7 Å². The van der Waals surface area contributed by atoms with E-state index in [1.165, 1.54) is 12.1 Å². The molecule has 0 aliphatic rings. The van der Waals surface area contributed by atoms with Crippen LogP contribution in [0.3, 0.4) is 0 Å². The Balaban J connectivity index is 2.21. The zero-order valence-electron chi connectivity index (χ0n) is 9.85. The standard InChI is InChI=1S/C13H8Br2Cl2FNO/c14-8-1-6(2-9(15)13(8)20)5-19-12-10(16)3-7(18)4-11(12)17/h1-4,19-20H,5H2. The van der Waals surface area contributed by atoms with Gasteiger partial charge < -0.3 is 10.4 Å². The maximum absolute atomic E-state index is 13.1. The van der Waals surface area contributed by atoms with E-state index in [1.807, 2.05) is 0 Å². The highest BCUT2D eigenvalue weighted by Crippen LogP contribution is 2.35. The van der Waals surface area contributed by atoms with Crippen molar-refractivity contribution in [1.29, 1.82) is 0 Å². The Morgan fingerprint density at radius 3 is 2.05 bits per heavy atom. The van der Waals surface area contributed by atoms with Gasteiger partial charge in [0.15, 0.2) is 0 Å². The van der Waals surface area contributed by atoms with E-state index >= 15 is 0 Å². The number of hydrogen-bond acceptors (Lipinski definition) is 2. The summed E-state index contributed by atoms with van der Waals surface area (Å²) in [6.45, 7) is 0.419. The van der Waals surface area contributed by atoms with Gasteiger partial charge in [-0.05, 0) is 61.7 Å². The number of phenols is 1. The third-order valence-electron chi connectivity index (χ3n) is 2.55. The fourth-order valence-corrected chi connectivity index (χ4v) is 3.50. The monoisotopic (exact) mass is 441 g/mol. The summed E-state index contributed by atoms with van der Waals surface area (Å²) in [6, 6.07) is 5.91. The molecule has 0 bridgehead atoms. The Morgan fingerprint density at radius 1 is 1.05 bits per heavy atom. The van der Waals surface area contributed by atoms with Gasteiger partial charge in [0, 0.05) is 6.54 Å². The minimum absolute atomic E-state index is 0.131. The summed E-state index contributed by atoms with van der Waals surface area (Å²) >= 11 is 18.4. The molecule has 2 nitrogen and oxygen atoms in total. The average Bonchev–Trinajstić information content (AvgIpc) is 2.34. The van der Waals surface area contributed by atoms with Gasteiger partial charge in [-0.3, -0.25) is 0 Å². The van der Waals surface area contributed by atoms with Crippen LogP contribution in [0.2, 0.25) is 10.0 Å². The molecule has 0 spiro atoms. The number of anilines is 1. The minimum Gasteiger partial charge on any atom is -0.506 e. The molecule has 2 aromatic rings. The van der Waals surface area contributed by atoms with Crippen LogP contribution in [0.25, 0.3) is 0 Å². The molecule has 0 amide bonds. The molecule has 0 unspecified atom stereocenters. The number of benzene rings is 2. The van der Waals surface area contributed by atoms with Gasteiger partial charge >= 0.3 is 0 Å². The Labute approximate surface area is 142 Å². The van der Waals surface area contributed by atoms with E-state index in [0.717, 1.165) is 5.56 Å². The van der Waals surface area contributed by atoms with E-state index in [2.05, 4.69) is 37.2 Å². The highest BCUT2D eigenvalue weighted by atomic mass is 79.9. The first-order valence-electron chi connectivity index (χ1n) is 5.44. The van der Waals surface area contributed by atoms with Gasteiger partial charge in [-0.25, -0.2) is 4.39 Å². The lowest BCUT2D eigenvalue weighted by molar-refractivity contribution is 0.468. The van der Waals surface area contributed by atoms with Crippen molar-refractivity contribution in [2.45, 2.75) is 6.54 Å². The Bertz CT molecular complexity index is 621. The van der Waals surface area contributed by atoms with Crippen molar-refractivity contribution < 1.29 is 9.50 Å². The molecular formula is C13H8Br2Cl2FNO. The summed E-state index contributed by atoms with van der Waals surface area (Å²) in [4.78, 5) is 0. The van der Waals surface area contributed by atoms with E-state index in [-0.39, 0.29) is 15.8 Å². The van der Waals surface area contributed by atoms with Crippen LogP contribution in [-0.4, -0.2) is 5.11 Å². The second-order valence-corrected chi connectivity index (χ2v) is 6.53. The van der Waals surface area contributed by atoms with Crippen LogP contribution in [-0.2, 0) is 6.54 Å². The third-order valence-corrected chi connectivity index (χ3v) is 4.36. The molecule has 2 N–H and O–H groups in total. The number of nitrogens with one attached hydrogen (secondary N) is 1. The molecule has 0 saturated carbocycles. The van der Waals surface area contributed by atoms with Crippen LogP contribution >= 0.6 is 55.1 Å². The molecule has 0 atom stereocenters. The molecular weight excluding hydrogens is 436 g/mol. The lowest BCUT2D eigenvalue weighted by atomic mass is 10.2. The van der Waals surface area contributed by atoms with Crippen LogP contribution in [0.5, 0.6) is 5.75 Å². The first-order valence-corrected chi connectivity index (χ1v) is 7.78. The van der Waals surface area contributed by atoms with Crippen molar-refractivity contribution in [3.05, 3.63) is 54.6 Å². The van der Waals surface area contributed by atoms with Crippen molar-refractivity contribution in [1.82, 2.24) is 0 Å². The predicted molar refractivity (Wildman–Crippen MR) is 87.3 cm³/mol. The van der Waals surface area contributed by atoms with E-state index in [4.69, 9.17) is 23.2 Å². The fraction of sp³-hybridized carbons (Fsp3) is 0.0769. The largest absolute Gasteiger partial charge is 0.506 e. The van der Waals surface area contributed by atoms with Gasteiger partial charge in [-0.2, -0.15) is 0 Å². The topological polar surface area (TPSA) is 32.3 Å². The fourth-order valence-electron chi connectivity index (χ4n) is 1.62. The van der Waals surface area contributed by atoms with Gasteiger partial charge in [-0.15, -0.1) is 0 Å². The summed E-state index contributed by atoms with van der Waals surface area (Å²) in [5.74, 6) is -0.354. The van der Waals surface area contributed by atoms with Crippen molar-refractivity contribution in [3.8, 4) is 5.75 Å². The van der Waals surface area contributed by atoms with Gasteiger partial charge in [-0.1, -0.05) is 23.2 Å². The van der Waals surface area contributed by atoms with E-state index in [0.29, 0.717) is 21.2 Å². The molecule has 0 saturated heterocycles. The predicted octanol–water partition coefficient (Wildman–Crippen LogP) is 5.98. The highest BCUT2D eigenvalue weighted by molar-refractivity contribution is 9.11. The molecule has 20 heavy (non-hydrogen) atoms. The lowest BCUT2D eigenvalue weighted by Gasteiger charge is -2.12. The molecule has 2 aromatic carbocycles. The molecule has 106 valence electrons. The molecule has 0 radical (unpaired) electrons. The number of halogens is 5. The first-order chi connectivity index (χ1) is 9.38. The quantitative estimate of drug-likeness (QED) is 0.612. The van der Waals surface area contributed by atoms with Gasteiger partial charge in [0.25, 0.3) is 0 Å². The smallest absolute Gasteiger partial charge is 0.143 e. The van der Waals surface area contributed by atoms with Gasteiger partial charge in [0.1, 0.15) is 11.6 Å². The second-order valence-electron chi connectivity index (χ2n) is 4.01. The third kappa shape index (κ3) is 3.58. The zero-order chi connectivity index (χ0) is 14.9. The average molecular weight is 444 g/mol. The molecule has 0 aromatic heterocycles. The van der Waals surface area contributed by atoms with Crippen LogP contribution in [0.1, 0.15) is 5.56 Å². The van der Waals surface area contributed by atoms with E-state index < -0.39 is 5.82 Å². The summed E-state index contributed by atoms with van der Waals surface area (Å²) in [6.07, 6.45) is 0. The summed E-state index contributed by atoms with van der Waals surface area (Å²) in [7, 11) is 0. The molecule has 0 aliphatic carbocycles. The van der Waals surface area contributed by atoms with Crippen LogP contribution in [0.15, 0.2) is 33.2 Å². The molecule has 7 heteroatoms. The second kappa shape index (κ2) is 6.52. The molecule has 2 rings (SSSR count). The van der Waals surface area contributed by atoms with Crippen molar-refractivity contribution in [2.24, 2.45) is 0 Å². The van der Waals surface area contributed by atoms with Crippen LogP contribution in [0.4, 0.5) is 10.1 Å². The zero-order valence-corrected chi connectivity index (χ0v) is 14.5. The number of rotatable bonds is 3. The van der Waals surface area contributed by atoms with Crippen LogP contribution in [0, 0.1) is 5.82 Å². The Morgan fingerprint density at radius 2 is 1.55 bits per heavy atom. The van der Waals surface area contributed by atoms with Gasteiger partial charge in [0.2, 0.25) is 0 Å². The summed E-state index contributed by atoms with van der Waals surface area (Å²) in [5.41, 5.74) is 1.35. The SMILES string of the molecule is Oc1c(Br)cc(CNc2c(Cl)cc(F)cc2Cl)cc1Br. The number of hydrogen-bond donors (Lipinski definition) is 2. The Hall–Kier alpha value is -0.490. The first kappa shape index (κ1) is 15.9. The lowest BCUT2D eigenvalue weighted by Crippen LogP contribution is -2.01. The maximum atomic E-state index is 13.1. The molecule has 0 aliphatic heterocycles. The van der Waals surface area contributed by atoms with E-state index in [9.17, 15) is 9.50 Å². The Kier molecular flexibility index (Phi) is 5.18. The summed E-state index contributed by atoms with van der Waals surface area (Å²) in [5, 5.41) is 13.1. The minimum atomic E-state index is -0.485. The molecule has 0 fully saturated rings. The number of aromatic hydroxyl groups is 1. The number of phenolic OH excluding ortho intramolecular Hbond substituents is 1. The maximum Gasteiger partial charge on any atom is 0.143 e. The van der Waals surface area contributed by atoms with Gasteiger partial charge in [0.05, 0.1) is 24.7 Å². The van der Waals surface area contributed by atoms with Crippen molar-refractivity contribution in [3.63, 3.8) is 0 Å². The van der Waals surface area contributed by atoms with E-state index in [1.54, 1.807) is 12.1 Å². The summed E-state index contributed by atoms with van der Waals surface area (Å²) < 4.78 is 14.2.